The van der Waals surface area contributed by atoms with Crippen molar-refractivity contribution in [3.8, 4) is 11.5 Å². The predicted molar refractivity (Wildman–Crippen MR) is 131 cm³/mol. The number of carboxylic acid groups (broad SMARTS) is 1. The summed E-state index contributed by atoms with van der Waals surface area (Å²) in [5, 5.41) is 9.06. The SMILES string of the molecule is CS(=O)(=O)Oc1ccccc1/C(=C\CSc1ccc(OCC(=O)O)c(Cl)c1)c1ccccc1. The number of rotatable bonds is 10. The quantitative estimate of drug-likeness (QED) is 0.293. The summed E-state index contributed by atoms with van der Waals surface area (Å²) in [5.74, 6) is 0.0328. The fourth-order valence-electron chi connectivity index (χ4n) is 2.98. The van der Waals surface area contributed by atoms with E-state index in [1.165, 1.54) is 11.8 Å². The van der Waals surface area contributed by atoms with Crippen molar-refractivity contribution in [2.75, 3.05) is 18.6 Å². The maximum absolute atomic E-state index is 11.8. The number of aliphatic carboxylic acids is 1. The first-order valence-electron chi connectivity index (χ1n) is 9.74. The fourth-order valence-corrected chi connectivity index (χ4v) is 4.55. The molecule has 0 spiro atoms. The number of thioether (sulfide) groups is 1. The van der Waals surface area contributed by atoms with Crippen LogP contribution in [0.4, 0.5) is 0 Å². The van der Waals surface area contributed by atoms with Crippen molar-refractivity contribution < 1.29 is 27.2 Å². The molecule has 0 bridgehead atoms. The van der Waals surface area contributed by atoms with Crippen LogP contribution in [0, 0.1) is 0 Å². The standard InChI is InChI=1S/C24H21ClO6S2/c1-33(28,29)31-22-10-6-5-9-20(22)19(17-7-3-2-4-8-17)13-14-32-18-11-12-23(21(25)15-18)30-16-24(26)27/h2-13,15H,14,16H2,1H3,(H,26,27)/b19-13-. The minimum absolute atomic E-state index is 0.253. The Morgan fingerprint density at radius 1 is 1.03 bits per heavy atom. The molecule has 6 nitrogen and oxygen atoms in total. The normalized spacial score (nSPS) is 11.8. The minimum atomic E-state index is -3.69. The average molecular weight is 505 g/mol. The van der Waals surface area contributed by atoms with Gasteiger partial charge in [0.2, 0.25) is 0 Å². The van der Waals surface area contributed by atoms with Gasteiger partial charge in [-0.25, -0.2) is 4.79 Å². The Balaban J connectivity index is 1.86. The minimum Gasteiger partial charge on any atom is -0.480 e. The lowest BCUT2D eigenvalue weighted by molar-refractivity contribution is -0.139. The largest absolute Gasteiger partial charge is 0.480 e. The zero-order chi connectivity index (χ0) is 23.8. The van der Waals surface area contributed by atoms with Crippen LogP contribution < -0.4 is 8.92 Å². The van der Waals surface area contributed by atoms with Crippen molar-refractivity contribution in [1.82, 2.24) is 0 Å². The number of hydrogen-bond acceptors (Lipinski definition) is 6. The lowest BCUT2D eigenvalue weighted by Crippen LogP contribution is -2.09. The summed E-state index contributed by atoms with van der Waals surface area (Å²) in [7, 11) is -3.69. The van der Waals surface area contributed by atoms with E-state index in [1.807, 2.05) is 48.5 Å². The van der Waals surface area contributed by atoms with Gasteiger partial charge >= 0.3 is 16.1 Å². The lowest BCUT2D eigenvalue weighted by Gasteiger charge is -2.14. The van der Waals surface area contributed by atoms with Crippen molar-refractivity contribution >= 4 is 45.0 Å². The summed E-state index contributed by atoms with van der Waals surface area (Å²) in [6.07, 6.45) is 3.01. The van der Waals surface area contributed by atoms with Gasteiger partial charge in [0, 0.05) is 16.2 Å². The van der Waals surface area contributed by atoms with Crippen molar-refractivity contribution in [3.63, 3.8) is 0 Å². The van der Waals surface area contributed by atoms with Gasteiger partial charge in [0.05, 0.1) is 11.3 Å². The third-order valence-corrected chi connectivity index (χ3v) is 5.99. The van der Waals surface area contributed by atoms with E-state index in [4.69, 9.17) is 25.6 Å². The van der Waals surface area contributed by atoms with E-state index in [-0.39, 0.29) is 5.75 Å². The highest BCUT2D eigenvalue weighted by atomic mass is 35.5. The number of ether oxygens (including phenoxy) is 1. The molecule has 0 aliphatic heterocycles. The van der Waals surface area contributed by atoms with Crippen LogP contribution in [0.15, 0.2) is 83.8 Å². The molecule has 0 aliphatic rings. The summed E-state index contributed by atoms with van der Waals surface area (Å²) < 4.78 is 33.9. The number of hydrogen-bond donors (Lipinski definition) is 1. The van der Waals surface area contributed by atoms with E-state index in [2.05, 4.69) is 0 Å². The Hall–Kier alpha value is -2.94. The van der Waals surface area contributed by atoms with Crippen molar-refractivity contribution in [3.05, 3.63) is 95.0 Å². The van der Waals surface area contributed by atoms with Gasteiger partial charge in [-0.05, 0) is 35.4 Å². The van der Waals surface area contributed by atoms with Gasteiger partial charge in [0.15, 0.2) is 6.61 Å². The van der Waals surface area contributed by atoms with E-state index in [9.17, 15) is 13.2 Å². The molecule has 0 amide bonds. The molecule has 0 aliphatic carbocycles. The Morgan fingerprint density at radius 2 is 1.73 bits per heavy atom. The van der Waals surface area contributed by atoms with Crippen LogP contribution in [0.5, 0.6) is 11.5 Å². The molecule has 33 heavy (non-hydrogen) atoms. The summed E-state index contributed by atoms with van der Waals surface area (Å²) in [6.45, 7) is -0.468. The lowest BCUT2D eigenvalue weighted by atomic mass is 9.97. The third-order valence-electron chi connectivity index (χ3n) is 4.30. The molecule has 0 saturated carbocycles. The van der Waals surface area contributed by atoms with Crippen molar-refractivity contribution in [2.45, 2.75) is 4.90 Å². The second-order valence-corrected chi connectivity index (χ2v) is 9.93. The molecule has 0 radical (unpaired) electrons. The Labute approximate surface area is 201 Å². The van der Waals surface area contributed by atoms with Gasteiger partial charge in [-0.3, -0.25) is 0 Å². The molecule has 0 atom stereocenters. The summed E-state index contributed by atoms with van der Waals surface area (Å²) in [6, 6.07) is 21.7. The van der Waals surface area contributed by atoms with Gasteiger partial charge in [-0.15, -0.1) is 11.8 Å². The van der Waals surface area contributed by atoms with Gasteiger partial charge in [0.1, 0.15) is 11.5 Å². The molecule has 1 N–H and O–H groups in total. The van der Waals surface area contributed by atoms with Crippen LogP contribution in [-0.2, 0) is 14.9 Å². The molecule has 0 fully saturated rings. The monoisotopic (exact) mass is 504 g/mol. The van der Waals surface area contributed by atoms with Crippen LogP contribution in [0.2, 0.25) is 5.02 Å². The molecule has 3 rings (SSSR count). The first-order valence-corrected chi connectivity index (χ1v) is 12.9. The van der Waals surface area contributed by atoms with Crippen LogP contribution in [0.1, 0.15) is 11.1 Å². The first kappa shape index (κ1) is 24.7. The topological polar surface area (TPSA) is 89.9 Å². The summed E-state index contributed by atoms with van der Waals surface area (Å²) >= 11 is 7.72. The smallest absolute Gasteiger partial charge is 0.341 e. The Morgan fingerprint density at radius 3 is 2.39 bits per heavy atom. The molecule has 0 aromatic heterocycles. The van der Waals surface area contributed by atoms with E-state index in [1.54, 1.807) is 30.3 Å². The Kier molecular flexibility index (Phi) is 8.43. The molecule has 9 heteroatoms. The second-order valence-electron chi connectivity index (χ2n) is 6.85. The molecule has 0 heterocycles. The van der Waals surface area contributed by atoms with E-state index >= 15 is 0 Å². The summed E-state index contributed by atoms with van der Waals surface area (Å²) in [4.78, 5) is 11.5. The molecular formula is C24H21ClO6S2. The zero-order valence-corrected chi connectivity index (χ0v) is 20.0. The molecule has 0 saturated heterocycles. The molecule has 3 aromatic rings. The molecule has 3 aromatic carbocycles. The summed E-state index contributed by atoms with van der Waals surface area (Å²) in [5.41, 5.74) is 2.40. The zero-order valence-electron chi connectivity index (χ0n) is 17.6. The number of benzene rings is 3. The van der Waals surface area contributed by atoms with Gasteiger partial charge in [-0.1, -0.05) is 66.2 Å². The van der Waals surface area contributed by atoms with Crippen molar-refractivity contribution in [2.24, 2.45) is 0 Å². The number of para-hydroxylation sites is 1. The van der Waals surface area contributed by atoms with Crippen LogP contribution in [0.25, 0.3) is 5.57 Å². The molecule has 0 unspecified atom stereocenters. The highest BCUT2D eigenvalue weighted by Crippen LogP contribution is 2.34. The number of halogens is 1. The molecular weight excluding hydrogens is 484 g/mol. The van der Waals surface area contributed by atoms with Gasteiger partial charge in [-0.2, -0.15) is 8.42 Å². The predicted octanol–water partition coefficient (Wildman–Crippen LogP) is 5.37. The highest BCUT2D eigenvalue weighted by molar-refractivity contribution is 7.99. The number of carboxylic acids is 1. The number of carbonyl (C=O) groups is 1. The Bertz CT molecular complexity index is 1260. The maximum atomic E-state index is 11.8. The van der Waals surface area contributed by atoms with Crippen LogP contribution in [-0.4, -0.2) is 38.1 Å². The van der Waals surface area contributed by atoms with E-state index in [0.717, 1.165) is 22.3 Å². The first-order chi connectivity index (χ1) is 15.7. The average Bonchev–Trinajstić information content (AvgIpc) is 2.76. The van der Waals surface area contributed by atoms with Gasteiger partial charge < -0.3 is 14.0 Å². The van der Waals surface area contributed by atoms with Crippen molar-refractivity contribution in [1.29, 1.82) is 0 Å². The van der Waals surface area contributed by atoms with E-state index in [0.29, 0.717) is 22.1 Å². The fraction of sp³-hybridized carbons (Fsp3) is 0.125. The third kappa shape index (κ3) is 7.56. The van der Waals surface area contributed by atoms with Crippen LogP contribution in [0.3, 0.4) is 0 Å². The van der Waals surface area contributed by atoms with E-state index < -0.39 is 22.7 Å². The second kappa shape index (κ2) is 11.3. The van der Waals surface area contributed by atoms with Crippen LogP contribution >= 0.6 is 23.4 Å². The highest BCUT2D eigenvalue weighted by Gasteiger charge is 2.14. The van der Waals surface area contributed by atoms with Gasteiger partial charge in [0.25, 0.3) is 0 Å². The maximum Gasteiger partial charge on any atom is 0.341 e. The molecule has 172 valence electrons.